The van der Waals surface area contributed by atoms with Gasteiger partial charge in [0, 0.05) is 20.1 Å². The first-order chi connectivity index (χ1) is 6.02. The van der Waals surface area contributed by atoms with E-state index in [1.165, 1.54) is 0 Å². The summed E-state index contributed by atoms with van der Waals surface area (Å²) < 4.78 is 4.83. The van der Waals surface area contributed by atoms with Crippen LogP contribution in [0.2, 0.25) is 0 Å². The first kappa shape index (κ1) is 12.2. The summed E-state index contributed by atoms with van der Waals surface area (Å²) in [7, 11) is 1.58. The maximum absolute atomic E-state index is 9.68. The zero-order chi connectivity index (χ0) is 10.3. The third-order valence-corrected chi connectivity index (χ3v) is 1.58. The van der Waals surface area contributed by atoms with Crippen molar-refractivity contribution < 1.29 is 9.84 Å². The maximum Gasteiger partial charge on any atom is 0.203 e. The average Bonchev–Trinajstić information content (AvgIpc) is 2.11. The fraction of sp³-hybridized carbons (Fsp3) is 0.857. The molecule has 6 heteroatoms. The van der Waals surface area contributed by atoms with Gasteiger partial charge in [0.25, 0.3) is 0 Å². The highest BCUT2D eigenvalue weighted by Crippen LogP contribution is 2.09. The van der Waals surface area contributed by atoms with Gasteiger partial charge in [-0.3, -0.25) is 5.43 Å². The minimum absolute atomic E-state index is 0.109. The molecule has 6 N–H and O–H groups in total. The monoisotopic (exact) mass is 190 g/mol. The standard InChI is InChI=1S/C7H18N4O2/c1-7(12,3-4-13-2)5-10-6(8)11-9/h12H,3-5,9H2,1-2H3,(H3,8,10,11). The Hall–Kier alpha value is -0.850. The summed E-state index contributed by atoms with van der Waals surface area (Å²) in [6, 6.07) is 0. The van der Waals surface area contributed by atoms with Gasteiger partial charge < -0.3 is 15.6 Å². The van der Waals surface area contributed by atoms with Crippen LogP contribution >= 0.6 is 0 Å². The molecule has 0 saturated carbocycles. The molecule has 0 aliphatic rings. The van der Waals surface area contributed by atoms with Gasteiger partial charge in [0.05, 0.1) is 12.1 Å². The molecule has 0 aromatic carbocycles. The number of methoxy groups -OCH3 is 1. The lowest BCUT2D eigenvalue weighted by atomic mass is 10.0. The van der Waals surface area contributed by atoms with Crippen molar-refractivity contribution in [2.45, 2.75) is 18.9 Å². The molecule has 0 fully saturated rings. The molecule has 78 valence electrons. The van der Waals surface area contributed by atoms with Crippen molar-refractivity contribution in [2.75, 3.05) is 20.3 Å². The fourth-order valence-electron chi connectivity index (χ4n) is 0.702. The number of guanidine groups is 1. The van der Waals surface area contributed by atoms with E-state index in [1.807, 2.05) is 0 Å². The van der Waals surface area contributed by atoms with Crippen molar-refractivity contribution in [1.82, 2.24) is 5.43 Å². The highest BCUT2D eigenvalue weighted by molar-refractivity contribution is 5.77. The van der Waals surface area contributed by atoms with Crippen LogP contribution in [-0.4, -0.2) is 36.9 Å². The van der Waals surface area contributed by atoms with Crippen molar-refractivity contribution >= 4 is 5.96 Å². The van der Waals surface area contributed by atoms with E-state index in [0.29, 0.717) is 13.0 Å². The number of ether oxygens (including phenoxy) is 1. The molecule has 0 amide bonds. The van der Waals surface area contributed by atoms with E-state index in [4.69, 9.17) is 16.3 Å². The molecule has 6 nitrogen and oxygen atoms in total. The fourth-order valence-corrected chi connectivity index (χ4v) is 0.702. The molecule has 0 aliphatic carbocycles. The molecule has 1 unspecified atom stereocenters. The van der Waals surface area contributed by atoms with Crippen LogP contribution in [0.4, 0.5) is 0 Å². The highest BCUT2D eigenvalue weighted by atomic mass is 16.5. The predicted molar refractivity (Wildman–Crippen MR) is 50.9 cm³/mol. The number of hydrogen-bond donors (Lipinski definition) is 4. The van der Waals surface area contributed by atoms with Gasteiger partial charge in [-0.15, -0.1) is 0 Å². The number of rotatable bonds is 5. The molecular weight excluding hydrogens is 172 g/mol. The lowest BCUT2D eigenvalue weighted by molar-refractivity contribution is 0.0326. The van der Waals surface area contributed by atoms with E-state index in [9.17, 15) is 5.11 Å². The molecular formula is C7H18N4O2. The topological polar surface area (TPSA) is 106 Å². The third kappa shape index (κ3) is 6.32. The lowest BCUT2D eigenvalue weighted by Gasteiger charge is -2.20. The molecule has 1 atom stereocenters. The molecule has 13 heavy (non-hydrogen) atoms. The first-order valence-corrected chi connectivity index (χ1v) is 3.99. The number of aliphatic hydroxyl groups is 1. The van der Waals surface area contributed by atoms with E-state index < -0.39 is 5.60 Å². The molecule has 0 aromatic heterocycles. The minimum Gasteiger partial charge on any atom is -0.388 e. The van der Waals surface area contributed by atoms with Gasteiger partial charge in [-0.1, -0.05) is 0 Å². The van der Waals surface area contributed by atoms with Crippen LogP contribution in [0.3, 0.4) is 0 Å². The zero-order valence-electron chi connectivity index (χ0n) is 8.08. The lowest BCUT2D eigenvalue weighted by Crippen LogP contribution is -2.39. The molecule has 0 rings (SSSR count). The molecule has 0 heterocycles. The SMILES string of the molecule is COCCC(C)(O)CN=C(N)NN. The quantitative estimate of drug-likeness (QED) is 0.184. The van der Waals surface area contributed by atoms with Gasteiger partial charge >= 0.3 is 0 Å². The van der Waals surface area contributed by atoms with Gasteiger partial charge in [-0.25, -0.2) is 10.8 Å². The Labute approximate surface area is 77.9 Å². The van der Waals surface area contributed by atoms with Crippen molar-refractivity contribution in [3.05, 3.63) is 0 Å². The summed E-state index contributed by atoms with van der Waals surface area (Å²) in [4.78, 5) is 3.82. The number of hydrazine groups is 1. The average molecular weight is 190 g/mol. The Morgan fingerprint density at radius 2 is 2.31 bits per heavy atom. The normalized spacial score (nSPS) is 16.8. The zero-order valence-corrected chi connectivity index (χ0v) is 8.08. The van der Waals surface area contributed by atoms with E-state index in [-0.39, 0.29) is 12.5 Å². The van der Waals surface area contributed by atoms with Crippen molar-refractivity contribution in [3.63, 3.8) is 0 Å². The number of nitrogens with zero attached hydrogens (tertiary/aromatic N) is 1. The third-order valence-electron chi connectivity index (χ3n) is 1.58. The van der Waals surface area contributed by atoms with Crippen LogP contribution in [0, 0.1) is 0 Å². The van der Waals surface area contributed by atoms with Crippen LogP contribution < -0.4 is 17.0 Å². The van der Waals surface area contributed by atoms with Crippen LogP contribution in [0.5, 0.6) is 0 Å². The Morgan fingerprint density at radius 3 is 2.77 bits per heavy atom. The molecule has 0 aliphatic heterocycles. The second kappa shape index (κ2) is 5.74. The van der Waals surface area contributed by atoms with Crippen molar-refractivity contribution in [3.8, 4) is 0 Å². The summed E-state index contributed by atoms with van der Waals surface area (Å²) in [5, 5.41) is 9.68. The summed E-state index contributed by atoms with van der Waals surface area (Å²) in [6.45, 7) is 2.35. The van der Waals surface area contributed by atoms with Crippen LogP contribution in [0.15, 0.2) is 4.99 Å². The summed E-state index contributed by atoms with van der Waals surface area (Å²) in [6.07, 6.45) is 0.505. The molecule has 0 aromatic rings. The Bertz CT molecular complexity index is 170. The molecule has 0 spiro atoms. The largest absolute Gasteiger partial charge is 0.388 e. The molecule has 0 bridgehead atoms. The second-order valence-electron chi connectivity index (χ2n) is 3.09. The van der Waals surface area contributed by atoms with Gasteiger partial charge in [0.1, 0.15) is 0 Å². The Balaban J connectivity index is 3.87. The summed E-state index contributed by atoms with van der Waals surface area (Å²) in [5.41, 5.74) is 6.55. The number of aliphatic imine (C=N–C) groups is 1. The Kier molecular flexibility index (Phi) is 5.36. The Morgan fingerprint density at radius 1 is 1.69 bits per heavy atom. The van der Waals surface area contributed by atoms with Crippen molar-refractivity contribution in [2.24, 2.45) is 16.6 Å². The molecule has 0 radical (unpaired) electrons. The predicted octanol–water partition coefficient (Wildman–Crippen LogP) is -1.45. The van der Waals surface area contributed by atoms with E-state index in [1.54, 1.807) is 14.0 Å². The van der Waals surface area contributed by atoms with E-state index in [2.05, 4.69) is 10.4 Å². The number of nitrogens with two attached hydrogens (primary N) is 2. The minimum atomic E-state index is -0.905. The van der Waals surface area contributed by atoms with Gasteiger partial charge in [0.15, 0.2) is 0 Å². The smallest absolute Gasteiger partial charge is 0.203 e. The number of hydrogen-bond acceptors (Lipinski definition) is 4. The van der Waals surface area contributed by atoms with E-state index >= 15 is 0 Å². The highest BCUT2D eigenvalue weighted by Gasteiger charge is 2.19. The summed E-state index contributed by atoms with van der Waals surface area (Å²) in [5.74, 6) is 5.10. The van der Waals surface area contributed by atoms with Gasteiger partial charge in [0.2, 0.25) is 5.96 Å². The van der Waals surface area contributed by atoms with Crippen LogP contribution in [-0.2, 0) is 4.74 Å². The number of nitrogens with one attached hydrogen (secondary N) is 1. The van der Waals surface area contributed by atoms with Gasteiger partial charge in [-0.2, -0.15) is 0 Å². The first-order valence-electron chi connectivity index (χ1n) is 3.99. The molecule has 0 saturated heterocycles. The summed E-state index contributed by atoms with van der Waals surface area (Å²) >= 11 is 0. The van der Waals surface area contributed by atoms with E-state index in [0.717, 1.165) is 0 Å². The van der Waals surface area contributed by atoms with Crippen LogP contribution in [0.1, 0.15) is 13.3 Å². The van der Waals surface area contributed by atoms with Gasteiger partial charge in [-0.05, 0) is 6.92 Å². The van der Waals surface area contributed by atoms with Crippen molar-refractivity contribution in [1.29, 1.82) is 0 Å². The maximum atomic E-state index is 9.68. The van der Waals surface area contributed by atoms with Crippen LogP contribution in [0.25, 0.3) is 0 Å². The second-order valence-corrected chi connectivity index (χ2v) is 3.09.